The number of benzene rings is 3. The Balaban J connectivity index is 2.11. The second kappa shape index (κ2) is 14.7. The van der Waals surface area contributed by atoms with Crippen molar-refractivity contribution >= 4 is 27.5 Å². The number of aryl methyl sites for hydroxylation is 1. The molecule has 3 aromatic carbocycles. The Morgan fingerprint density at radius 3 is 2.12 bits per heavy atom. The second-order valence-corrected chi connectivity index (χ2v) is 11.9. The number of sulfonamides is 1. The Morgan fingerprint density at radius 1 is 0.881 bits per heavy atom. The number of nitrogens with zero attached hydrogens (tertiary/aromatic N) is 2. The summed E-state index contributed by atoms with van der Waals surface area (Å²) in [5, 5.41) is 2.99. The van der Waals surface area contributed by atoms with Crippen LogP contribution in [0.5, 0.6) is 11.5 Å². The van der Waals surface area contributed by atoms with Gasteiger partial charge in [-0.15, -0.1) is 0 Å². The summed E-state index contributed by atoms with van der Waals surface area (Å²) in [6, 6.07) is 19.3. The Labute approximate surface area is 249 Å². The molecule has 0 saturated heterocycles. The molecule has 0 aliphatic heterocycles. The van der Waals surface area contributed by atoms with E-state index >= 15 is 0 Å². The molecule has 0 spiro atoms. The molecule has 0 aliphatic rings. The summed E-state index contributed by atoms with van der Waals surface area (Å²) in [5.74, 6) is -0.0196. The number of rotatable bonds is 14. The molecular weight excluding hydrogens is 554 g/mol. The van der Waals surface area contributed by atoms with E-state index in [-0.39, 0.29) is 34.8 Å². The number of nitrogens with one attached hydrogen (secondary N) is 1. The average molecular weight is 596 g/mol. The number of anilines is 1. The van der Waals surface area contributed by atoms with E-state index in [4.69, 9.17) is 9.47 Å². The van der Waals surface area contributed by atoms with Gasteiger partial charge < -0.3 is 19.7 Å². The van der Waals surface area contributed by atoms with Crippen molar-refractivity contribution in [2.75, 3.05) is 25.1 Å². The van der Waals surface area contributed by atoms with Crippen LogP contribution in [0.1, 0.15) is 44.7 Å². The van der Waals surface area contributed by atoms with E-state index in [1.165, 1.54) is 31.3 Å². The van der Waals surface area contributed by atoms with Gasteiger partial charge in [0, 0.05) is 12.6 Å². The molecular formula is C32H41N3O6S. The number of ether oxygens (including phenoxy) is 2. The fourth-order valence-electron chi connectivity index (χ4n) is 4.56. The van der Waals surface area contributed by atoms with E-state index in [9.17, 15) is 18.0 Å². The predicted octanol–water partition coefficient (Wildman–Crippen LogP) is 4.93. The van der Waals surface area contributed by atoms with Gasteiger partial charge in [-0.1, -0.05) is 50.2 Å². The lowest BCUT2D eigenvalue weighted by Crippen LogP contribution is -2.53. The van der Waals surface area contributed by atoms with Crippen LogP contribution in [0.3, 0.4) is 0 Å². The molecule has 3 rings (SSSR count). The first-order chi connectivity index (χ1) is 20.1. The number of carbonyl (C=O) groups is 2. The van der Waals surface area contributed by atoms with E-state index in [0.29, 0.717) is 12.2 Å². The van der Waals surface area contributed by atoms with E-state index in [1.807, 2.05) is 52.0 Å². The van der Waals surface area contributed by atoms with Gasteiger partial charge in [0.05, 0.1) is 24.8 Å². The minimum atomic E-state index is -4.25. The van der Waals surface area contributed by atoms with Gasteiger partial charge in [-0.3, -0.25) is 13.9 Å². The first-order valence-electron chi connectivity index (χ1n) is 14.0. The van der Waals surface area contributed by atoms with Gasteiger partial charge >= 0.3 is 0 Å². The molecule has 226 valence electrons. The number of amides is 2. The summed E-state index contributed by atoms with van der Waals surface area (Å²) in [6.07, 6.45) is 1.08. The minimum absolute atomic E-state index is 0.0194. The van der Waals surface area contributed by atoms with Crippen molar-refractivity contribution in [3.8, 4) is 11.5 Å². The van der Waals surface area contributed by atoms with Gasteiger partial charge in [-0.25, -0.2) is 8.42 Å². The highest BCUT2D eigenvalue weighted by Gasteiger charge is 2.35. The molecule has 0 radical (unpaired) electrons. The molecule has 0 fully saturated rings. The highest BCUT2D eigenvalue weighted by Crippen LogP contribution is 2.33. The summed E-state index contributed by atoms with van der Waals surface area (Å²) in [4.78, 5) is 29.1. The van der Waals surface area contributed by atoms with Crippen LogP contribution in [0.25, 0.3) is 0 Å². The summed E-state index contributed by atoms with van der Waals surface area (Å²) >= 11 is 0. The topological polar surface area (TPSA) is 105 Å². The first-order valence-corrected chi connectivity index (χ1v) is 15.4. The van der Waals surface area contributed by atoms with Crippen molar-refractivity contribution < 1.29 is 27.5 Å². The fraction of sp³-hybridized carbons (Fsp3) is 0.375. The lowest BCUT2D eigenvalue weighted by molar-refractivity contribution is -0.140. The van der Waals surface area contributed by atoms with Crippen LogP contribution in [-0.4, -0.2) is 58.0 Å². The van der Waals surface area contributed by atoms with E-state index in [1.54, 1.807) is 36.4 Å². The first kappa shape index (κ1) is 32.5. The van der Waals surface area contributed by atoms with Crippen molar-refractivity contribution in [3.63, 3.8) is 0 Å². The van der Waals surface area contributed by atoms with Crippen molar-refractivity contribution in [1.82, 2.24) is 10.2 Å². The van der Waals surface area contributed by atoms with Crippen LogP contribution in [0.15, 0.2) is 77.7 Å². The zero-order chi connectivity index (χ0) is 30.9. The molecule has 1 N–H and O–H groups in total. The van der Waals surface area contributed by atoms with Gasteiger partial charge in [0.1, 0.15) is 24.1 Å². The number of hydrogen-bond donors (Lipinski definition) is 1. The third kappa shape index (κ3) is 7.61. The van der Waals surface area contributed by atoms with Crippen LogP contribution in [-0.2, 0) is 26.2 Å². The number of methoxy groups -OCH3 is 2. The Kier molecular flexibility index (Phi) is 11.4. The molecule has 2 atom stereocenters. The molecule has 10 heteroatoms. The van der Waals surface area contributed by atoms with Crippen molar-refractivity contribution in [2.24, 2.45) is 0 Å². The monoisotopic (exact) mass is 595 g/mol. The van der Waals surface area contributed by atoms with Crippen LogP contribution < -0.4 is 19.1 Å². The summed E-state index contributed by atoms with van der Waals surface area (Å²) in [7, 11) is -1.31. The van der Waals surface area contributed by atoms with Crippen molar-refractivity contribution in [1.29, 1.82) is 0 Å². The maximum absolute atomic E-state index is 14.3. The molecule has 0 aromatic heterocycles. The maximum atomic E-state index is 14.3. The molecule has 3 aromatic rings. The molecule has 0 heterocycles. The minimum Gasteiger partial charge on any atom is -0.497 e. The fourth-order valence-corrected chi connectivity index (χ4v) is 5.98. The zero-order valence-electron chi connectivity index (χ0n) is 25.2. The normalized spacial score (nSPS) is 12.6. The summed E-state index contributed by atoms with van der Waals surface area (Å²) < 4.78 is 39.9. The lowest BCUT2D eigenvalue weighted by atomic mass is 10.1. The van der Waals surface area contributed by atoms with Gasteiger partial charge in [-0.05, 0) is 74.2 Å². The van der Waals surface area contributed by atoms with Crippen LogP contribution in [0.4, 0.5) is 5.69 Å². The maximum Gasteiger partial charge on any atom is 0.264 e. The summed E-state index contributed by atoms with van der Waals surface area (Å²) in [6.45, 7) is 7.24. The van der Waals surface area contributed by atoms with E-state index in [2.05, 4.69) is 5.32 Å². The van der Waals surface area contributed by atoms with Gasteiger partial charge in [0.15, 0.2) is 0 Å². The molecule has 0 unspecified atom stereocenters. The molecule has 2 amide bonds. The van der Waals surface area contributed by atoms with Crippen LogP contribution >= 0.6 is 0 Å². The number of carbonyl (C=O) groups excluding carboxylic acids is 2. The standard InChI is InChI=1S/C32H41N3O6S/c1-7-24(4)33-32(37)28(8-2)34(21-25-14-10-9-13-23(25)3)31(36)22-35(29-15-11-12-16-30(29)41-6)42(38,39)27-19-17-26(40-5)18-20-27/h9-20,24,28H,7-8,21-22H2,1-6H3,(H,33,37)/t24-,28-/m0/s1. The van der Waals surface area contributed by atoms with E-state index < -0.39 is 28.5 Å². The van der Waals surface area contributed by atoms with Gasteiger partial charge in [0.25, 0.3) is 10.0 Å². The highest BCUT2D eigenvalue weighted by molar-refractivity contribution is 7.92. The van der Waals surface area contributed by atoms with Gasteiger partial charge in [-0.2, -0.15) is 0 Å². The largest absolute Gasteiger partial charge is 0.497 e. The predicted molar refractivity (Wildman–Crippen MR) is 164 cm³/mol. The Bertz CT molecular complexity index is 1460. The van der Waals surface area contributed by atoms with Crippen LogP contribution in [0, 0.1) is 6.92 Å². The van der Waals surface area contributed by atoms with Crippen molar-refractivity contribution in [3.05, 3.63) is 83.9 Å². The SMILES string of the molecule is CC[C@H](C)NC(=O)[C@H](CC)N(Cc1ccccc1C)C(=O)CN(c1ccccc1OC)S(=O)(=O)c1ccc(OC)cc1. The summed E-state index contributed by atoms with van der Waals surface area (Å²) in [5.41, 5.74) is 2.03. The third-order valence-corrected chi connectivity index (χ3v) is 9.04. The highest BCUT2D eigenvalue weighted by atomic mass is 32.2. The molecule has 0 aliphatic carbocycles. The van der Waals surface area contributed by atoms with Crippen LogP contribution in [0.2, 0.25) is 0 Å². The average Bonchev–Trinajstić information content (AvgIpc) is 3.00. The van der Waals surface area contributed by atoms with E-state index in [0.717, 1.165) is 21.9 Å². The molecule has 0 bridgehead atoms. The smallest absolute Gasteiger partial charge is 0.264 e. The quantitative estimate of drug-likeness (QED) is 0.283. The third-order valence-electron chi connectivity index (χ3n) is 7.27. The molecule has 42 heavy (non-hydrogen) atoms. The second-order valence-electron chi connectivity index (χ2n) is 10.0. The zero-order valence-corrected chi connectivity index (χ0v) is 26.0. The lowest BCUT2D eigenvalue weighted by Gasteiger charge is -2.34. The molecule has 0 saturated carbocycles. The Hall–Kier alpha value is -4.05. The Morgan fingerprint density at radius 2 is 1.52 bits per heavy atom. The van der Waals surface area contributed by atoms with Crippen molar-refractivity contribution in [2.45, 2.75) is 64.1 Å². The van der Waals surface area contributed by atoms with Gasteiger partial charge in [0.2, 0.25) is 11.8 Å². The number of hydrogen-bond acceptors (Lipinski definition) is 6. The number of para-hydroxylation sites is 2. The molecule has 9 nitrogen and oxygen atoms in total.